The molecular formula is C24H51N3O4S. The molecule has 1 atom stereocenters. The van der Waals surface area contributed by atoms with E-state index in [1.165, 1.54) is 103 Å². The fraction of sp³-hybridized carbons (Fsp3) is 0.958. The normalized spacial score (nSPS) is 15.1. The number of hydrogen-bond donors (Lipinski definition) is 1. The lowest BCUT2D eigenvalue weighted by Crippen LogP contribution is -2.38. The van der Waals surface area contributed by atoms with Crippen molar-refractivity contribution in [3.63, 3.8) is 0 Å². The monoisotopic (exact) mass is 477 g/mol. The van der Waals surface area contributed by atoms with E-state index >= 15 is 0 Å². The minimum absolute atomic E-state index is 0.756. The van der Waals surface area contributed by atoms with Crippen LogP contribution in [0.5, 0.6) is 0 Å². The van der Waals surface area contributed by atoms with Gasteiger partial charge in [0.15, 0.2) is 0 Å². The van der Waals surface area contributed by atoms with Gasteiger partial charge in [0.1, 0.15) is 13.1 Å². The smallest absolute Gasteiger partial charge is 0.250 e. The fourth-order valence-corrected chi connectivity index (χ4v) is 4.44. The highest BCUT2D eigenvalue weighted by Crippen LogP contribution is 2.23. The van der Waals surface area contributed by atoms with Crippen molar-refractivity contribution in [1.29, 1.82) is 0 Å². The molecule has 0 saturated carbocycles. The van der Waals surface area contributed by atoms with E-state index in [4.69, 9.17) is 5.73 Å². The van der Waals surface area contributed by atoms with Crippen molar-refractivity contribution in [2.24, 2.45) is 11.7 Å². The Morgan fingerprint density at radius 1 is 0.969 bits per heavy atom. The second-order valence-electron chi connectivity index (χ2n) is 8.94. The molecule has 0 amide bonds. The summed E-state index contributed by atoms with van der Waals surface area (Å²) in [6.45, 7) is 8.76. The largest absolute Gasteiger partial charge is 0.726 e. The molecule has 7 nitrogen and oxygen atoms in total. The first-order valence-corrected chi connectivity index (χ1v) is 14.2. The van der Waals surface area contributed by atoms with E-state index in [1.54, 1.807) is 5.84 Å². The molecule has 32 heavy (non-hydrogen) atoms. The van der Waals surface area contributed by atoms with E-state index in [0.717, 1.165) is 26.1 Å². The maximum absolute atomic E-state index is 9.22. The molecule has 1 heterocycles. The standard InChI is InChI=1S/C23H48N3.CH4O4S/c1-4-6-8-10-11-13-15-17-22(16-14-12-9-7-5-2)23-25(3)20-21-26(23)19-18-24;1-5-6(2,3)4/h22H,4-21,24H2,1-3H3;1H3,(H,2,3,4)/q+1;/p-1. The second kappa shape index (κ2) is 19.7. The summed E-state index contributed by atoms with van der Waals surface area (Å²) in [6, 6.07) is 0. The maximum atomic E-state index is 9.22. The molecular weight excluding hydrogens is 426 g/mol. The summed E-state index contributed by atoms with van der Waals surface area (Å²) in [5.74, 6) is 2.36. The van der Waals surface area contributed by atoms with Crippen LogP contribution in [-0.4, -0.2) is 68.6 Å². The highest BCUT2D eigenvalue weighted by Gasteiger charge is 2.34. The van der Waals surface area contributed by atoms with Crippen LogP contribution in [0.1, 0.15) is 104 Å². The Morgan fingerprint density at radius 3 is 1.81 bits per heavy atom. The minimum atomic E-state index is -4.41. The highest BCUT2D eigenvalue weighted by molar-refractivity contribution is 7.80. The molecule has 0 radical (unpaired) electrons. The van der Waals surface area contributed by atoms with Crippen LogP contribution in [0.15, 0.2) is 0 Å². The fourth-order valence-electron chi connectivity index (χ4n) is 4.44. The Kier molecular flexibility index (Phi) is 19.3. The molecule has 0 aliphatic carbocycles. The number of hydrogen-bond acceptors (Lipinski definition) is 6. The zero-order valence-electron chi connectivity index (χ0n) is 21.3. The van der Waals surface area contributed by atoms with Gasteiger partial charge in [-0.05, 0) is 12.8 Å². The van der Waals surface area contributed by atoms with Gasteiger partial charge < -0.3 is 10.3 Å². The number of unbranched alkanes of at least 4 members (excludes halogenated alkanes) is 10. The second-order valence-corrected chi connectivity index (χ2v) is 10.1. The van der Waals surface area contributed by atoms with Gasteiger partial charge in [0.2, 0.25) is 16.2 Å². The quantitative estimate of drug-likeness (QED) is 0.135. The Bertz CT molecular complexity index is 582. The summed E-state index contributed by atoms with van der Waals surface area (Å²) in [7, 11) is -1.31. The predicted octanol–water partition coefficient (Wildman–Crippen LogP) is 4.51. The molecule has 0 spiro atoms. The molecule has 0 bridgehead atoms. The molecule has 1 aliphatic rings. The molecule has 1 unspecified atom stereocenters. The summed E-state index contributed by atoms with van der Waals surface area (Å²) >= 11 is 0. The minimum Gasteiger partial charge on any atom is -0.726 e. The van der Waals surface area contributed by atoms with Crippen LogP contribution < -0.4 is 5.73 Å². The molecule has 8 heteroatoms. The summed E-state index contributed by atoms with van der Waals surface area (Å²) in [5.41, 5.74) is 5.88. The Hall–Kier alpha value is -0.700. The van der Waals surface area contributed by atoms with Crippen molar-refractivity contribution in [2.45, 2.75) is 104 Å². The van der Waals surface area contributed by atoms with Crippen LogP contribution in [0.25, 0.3) is 0 Å². The summed E-state index contributed by atoms with van der Waals surface area (Å²) < 4.78 is 33.5. The molecule has 0 aromatic rings. The topological polar surface area (TPSA) is 98.7 Å². The van der Waals surface area contributed by atoms with Gasteiger partial charge in [0.25, 0.3) is 0 Å². The molecule has 0 aromatic heterocycles. The third-order valence-corrected chi connectivity index (χ3v) is 6.61. The van der Waals surface area contributed by atoms with E-state index in [0.29, 0.717) is 0 Å². The van der Waals surface area contributed by atoms with Gasteiger partial charge in [-0.1, -0.05) is 90.9 Å². The van der Waals surface area contributed by atoms with Crippen molar-refractivity contribution in [2.75, 3.05) is 40.3 Å². The highest BCUT2D eigenvalue weighted by atomic mass is 32.3. The zero-order chi connectivity index (χ0) is 24.2. The van der Waals surface area contributed by atoms with E-state index in [2.05, 4.69) is 34.6 Å². The van der Waals surface area contributed by atoms with Gasteiger partial charge >= 0.3 is 0 Å². The zero-order valence-corrected chi connectivity index (χ0v) is 22.1. The molecule has 2 N–H and O–H groups in total. The SMILES string of the molecule is CCCCCCCCCC(CCCCCCC)C1=[N+](C)CCN1CCN.COS(=O)(=O)[O-]. The lowest BCUT2D eigenvalue weighted by Gasteiger charge is -2.21. The molecule has 192 valence electrons. The first-order valence-electron chi connectivity index (χ1n) is 12.8. The number of likely N-dealkylation sites (N-methyl/N-ethyl adjacent to an activating group) is 1. The summed E-state index contributed by atoms with van der Waals surface area (Å²) in [4.78, 5) is 2.58. The Labute approximate surface area is 198 Å². The number of nitrogens with two attached hydrogens (primary N) is 1. The van der Waals surface area contributed by atoms with Crippen molar-refractivity contribution < 1.29 is 21.7 Å². The van der Waals surface area contributed by atoms with Gasteiger partial charge in [-0.15, -0.1) is 0 Å². The van der Waals surface area contributed by atoms with Crippen molar-refractivity contribution in [3.8, 4) is 0 Å². The molecule has 0 saturated heterocycles. The van der Waals surface area contributed by atoms with Gasteiger partial charge in [0, 0.05) is 6.54 Å². The van der Waals surface area contributed by atoms with Crippen LogP contribution in [0.2, 0.25) is 0 Å². The maximum Gasteiger partial charge on any atom is 0.250 e. The average Bonchev–Trinajstić information content (AvgIpc) is 3.11. The number of amidine groups is 1. The van der Waals surface area contributed by atoms with Crippen LogP contribution in [-0.2, 0) is 14.6 Å². The summed E-state index contributed by atoms with van der Waals surface area (Å²) in [6.07, 6.45) is 19.6. The Morgan fingerprint density at radius 2 is 1.41 bits per heavy atom. The van der Waals surface area contributed by atoms with Crippen molar-refractivity contribution >= 4 is 16.2 Å². The van der Waals surface area contributed by atoms with E-state index in [1.807, 2.05) is 0 Å². The lowest BCUT2D eigenvalue weighted by molar-refractivity contribution is -0.489. The first-order chi connectivity index (χ1) is 15.3. The van der Waals surface area contributed by atoms with Gasteiger partial charge in [-0.2, -0.15) is 0 Å². The van der Waals surface area contributed by atoms with Crippen molar-refractivity contribution in [1.82, 2.24) is 4.90 Å². The van der Waals surface area contributed by atoms with Crippen molar-refractivity contribution in [3.05, 3.63) is 0 Å². The van der Waals surface area contributed by atoms with Gasteiger partial charge in [0.05, 0.1) is 26.6 Å². The molecule has 0 aromatic carbocycles. The first kappa shape index (κ1) is 31.3. The summed E-state index contributed by atoms with van der Waals surface area (Å²) in [5, 5.41) is 0. The number of nitrogens with zero attached hydrogens (tertiary/aromatic N) is 2. The van der Waals surface area contributed by atoms with Crippen LogP contribution >= 0.6 is 0 Å². The third-order valence-electron chi connectivity index (χ3n) is 6.20. The Balaban J connectivity index is 0.00000140. The van der Waals surface area contributed by atoms with E-state index in [-0.39, 0.29) is 0 Å². The molecule has 1 aliphatic heterocycles. The number of rotatable bonds is 18. The predicted molar refractivity (Wildman–Crippen MR) is 133 cm³/mol. The van der Waals surface area contributed by atoms with Gasteiger partial charge in [-0.25, -0.2) is 8.42 Å². The lowest BCUT2D eigenvalue weighted by atomic mass is 9.92. The van der Waals surface area contributed by atoms with Crippen LogP contribution in [0, 0.1) is 5.92 Å². The van der Waals surface area contributed by atoms with E-state index in [9.17, 15) is 13.0 Å². The third kappa shape index (κ3) is 16.0. The van der Waals surface area contributed by atoms with Gasteiger partial charge in [-0.3, -0.25) is 13.7 Å². The van der Waals surface area contributed by atoms with Crippen LogP contribution in [0.3, 0.4) is 0 Å². The van der Waals surface area contributed by atoms with E-state index < -0.39 is 10.4 Å². The molecule has 1 rings (SSSR count). The molecule has 0 fully saturated rings. The van der Waals surface area contributed by atoms with Crippen LogP contribution in [0.4, 0.5) is 0 Å². The average molecular weight is 478 g/mol.